The molecule has 0 heterocycles. The number of nitro groups is 1. The van der Waals surface area contributed by atoms with Crippen molar-refractivity contribution in [2.75, 3.05) is 13.2 Å². The third-order valence-electron chi connectivity index (χ3n) is 3.52. The van der Waals surface area contributed by atoms with Gasteiger partial charge in [0.2, 0.25) is 0 Å². The molecule has 6 heteroatoms. The van der Waals surface area contributed by atoms with E-state index in [9.17, 15) is 14.9 Å². The Kier molecular flexibility index (Phi) is 5.52. The maximum atomic E-state index is 12.1. The summed E-state index contributed by atoms with van der Waals surface area (Å²) in [6.07, 6.45) is 0. The molecule has 2 rings (SSSR count). The summed E-state index contributed by atoms with van der Waals surface area (Å²) in [6.45, 7) is 6.26. The first-order chi connectivity index (χ1) is 11.4. The first-order valence-electron chi connectivity index (χ1n) is 7.61. The normalized spacial score (nSPS) is 10.3. The maximum Gasteiger partial charge on any atom is 0.273 e. The first-order valence-corrected chi connectivity index (χ1v) is 7.61. The van der Waals surface area contributed by atoms with Gasteiger partial charge in [-0.1, -0.05) is 12.1 Å². The van der Waals surface area contributed by atoms with Gasteiger partial charge in [-0.05, 0) is 50.1 Å². The SMILES string of the molecule is Cc1cc(C)cc(OCCNC(=O)c2ccc(C)c([N+](=O)[O-])c2)c1. The van der Waals surface area contributed by atoms with Gasteiger partial charge in [-0.2, -0.15) is 0 Å². The third kappa shape index (κ3) is 4.55. The van der Waals surface area contributed by atoms with Gasteiger partial charge < -0.3 is 10.1 Å². The molecule has 1 amide bonds. The fourth-order valence-corrected chi connectivity index (χ4v) is 2.40. The van der Waals surface area contributed by atoms with Crippen LogP contribution in [0.3, 0.4) is 0 Å². The molecule has 0 aliphatic carbocycles. The van der Waals surface area contributed by atoms with Crippen LogP contribution in [0, 0.1) is 30.9 Å². The molecule has 2 aromatic rings. The molecule has 0 atom stereocenters. The zero-order valence-electron chi connectivity index (χ0n) is 14.0. The van der Waals surface area contributed by atoms with Crippen molar-refractivity contribution in [1.29, 1.82) is 0 Å². The Morgan fingerprint density at radius 3 is 2.42 bits per heavy atom. The lowest BCUT2D eigenvalue weighted by molar-refractivity contribution is -0.385. The largest absolute Gasteiger partial charge is 0.492 e. The summed E-state index contributed by atoms with van der Waals surface area (Å²) < 4.78 is 5.61. The summed E-state index contributed by atoms with van der Waals surface area (Å²) in [5.74, 6) is 0.398. The predicted octanol–water partition coefficient (Wildman–Crippen LogP) is 3.33. The molecule has 0 aliphatic heterocycles. The number of aryl methyl sites for hydroxylation is 3. The fourth-order valence-electron chi connectivity index (χ4n) is 2.40. The van der Waals surface area contributed by atoms with Crippen LogP contribution in [0.2, 0.25) is 0 Å². The quantitative estimate of drug-likeness (QED) is 0.501. The number of hydrogen-bond acceptors (Lipinski definition) is 4. The van der Waals surface area contributed by atoms with Crippen LogP contribution in [0.5, 0.6) is 5.75 Å². The van der Waals surface area contributed by atoms with E-state index in [0.717, 1.165) is 16.9 Å². The smallest absolute Gasteiger partial charge is 0.273 e. The Labute approximate surface area is 140 Å². The number of nitrogens with one attached hydrogen (secondary N) is 1. The molecule has 0 aliphatic rings. The summed E-state index contributed by atoms with van der Waals surface area (Å²) in [7, 11) is 0. The highest BCUT2D eigenvalue weighted by Gasteiger charge is 2.14. The zero-order valence-corrected chi connectivity index (χ0v) is 14.0. The van der Waals surface area contributed by atoms with Crippen LogP contribution in [0.1, 0.15) is 27.0 Å². The molecule has 0 saturated carbocycles. The molecule has 0 bridgehead atoms. The summed E-state index contributed by atoms with van der Waals surface area (Å²) in [6, 6.07) is 10.3. The van der Waals surface area contributed by atoms with E-state index in [1.165, 1.54) is 6.07 Å². The number of rotatable bonds is 6. The van der Waals surface area contributed by atoms with Gasteiger partial charge in [0, 0.05) is 17.2 Å². The Hall–Kier alpha value is -2.89. The van der Waals surface area contributed by atoms with E-state index in [2.05, 4.69) is 11.4 Å². The van der Waals surface area contributed by atoms with Crippen LogP contribution in [0.25, 0.3) is 0 Å². The summed E-state index contributed by atoms with van der Waals surface area (Å²) in [5.41, 5.74) is 2.95. The van der Waals surface area contributed by atoms with Crippen LogP contribution in [0.15, 0.2) is 36.4 Å². The molecule has 2 aromatic carbocycles. The van der Waals surface area contributed by atoms with E-state index >= 15 is 0 Å². The van der Waals surface area contributed by atoms with E-state index in [1.54, 1.807) is 19.1 Å². The monoisotopic (exact) mass is 328 g/mol. The van der Waals surface area contributed by atoms with Gasteiger partial charge in [0.05, 0.1) is 11.5 Å². The highest BCUT2D eigenvalue weighted by molar-refractivity contribution is 5.94. The molecule has 24 heavy (non-hydrogen) atoms. The van der Waals surface area contributed by atoms with Gasteiger partial charge >= 0.3 is 0 Å². The lowest BCUT2D eigenvalue weighted by atomic mass is 10.1. The Bertz CT molecular complexity index is 751. The number of nitrogens with zero attached hydrogens (tertiary/aromatic N) is 1. The molecule has 6 nitrogen and oxygen atoms in total. The lowest BCUT2D eigenvalue weighted by Gasteiger charge is -2.09. The number of amides is 1. The number of carbonyl (C=O) groups is 1. The number of carbonyl (C=O) groups excluding carboxylic acids is 1. The Balaban J connectivity index is 1.89. The van der Waals surface area contributed by atoms with Crippen molar-refractivity contribution in [2.24, 2.45) is 0 Å². The van der Waals surface area contributed by atoms with Crippen LogP contribution in [0.4, 0.5) is 5.69 Å². The second-order valence-electron chi connectivity index (χ2n) is 5.69. The van der Waals surface area contributed by atoms with Gasteiger partial charge in [-0.3, -0.25) is 14.9 Å². The molecule has 0 radical (unpaired) electrons. The summed E-state index contributed by atoms with van der Waals surface area (Å²) in [5, 5.41) is 13.6. The van der Waals surface area contributed by atoms with Gasteiger partial charge in [0.1, 0.15) is 12.4 Å². The van der Waals surface area contributed by atoms with E-state index in [0.29, 0.717) is 18.7 Å². The second-order valence-corrected chi connectivity index (χ2v) is 5.69. The minimum Gasteiger partial charge on any atom is -0.492 e. The molecule has 126 valence electrons. The molecular formula is C18H20N2O4. The predicted molar refractivity (Wildman–Crippen MR) is 91.6 cm³/mol. The minimum atomic E-state index is -0.491. The second kappa shape index (κ2) is 7.59. The average molecular weight is 328 g/mol. The van der Waals surface area contributed by atoms with Crippen LogP contribution >= 0.6 is 0 Å². The molecule has 0 spiro atoms. The molecule has 1 N–H and O–H groups in total. The number of nitro benzene ring substituents is 1. The lowest BCUT2D eigenvalue weighted by Crippen LogP contribution is -2.28. The molecule has 0 unspecified atom stereocenters. The van der Waals surface area contributed by atoms with Crippen molar-refractivity contribution < 1.29 is 14.5 Å². The van der Waals surface area contributed by atoms with Crippen molar-refractivity contribution in [2.45, 2.75) is 20.8 Å². The van der Waals surface area contributed by atoms with Crippen molar-refractivity contribution >= 4 is 11.6 Å². The summed E-state index contributed by atoms with van der Waals surface area (Å²) >= 11 is 0. The van der Waals surface area contributed by atoms with Gasteiger partial charge in [-0.25, -0.2) is 0 Å². The standard InChI is InChI=1S/C18H20N2O4/c1-12-8-13(2)10-16(9-12)24-7-6-19-18(21)15-5-4-14(3)17(11-15)20(22)23/h4-5,8-11H,6-7H2,1-3H3,(H,19,21). The van der Waals surface area contributed by atoms with Crippen LogP contribution in [-0.2, 0) is 0 Å². The van der Waals surface area contributed by atoms with Gasteiger partial charge in [0.25, 0.3) is 11.6 Å². The minimum absolute atomic E-state index is 0.0610. The van der Waals surface area contributed by atoms with Crippen LogP contribution < -0.4 is 10.1 Å². The highest BCUT2D eigenvalue weighted by atomic mass is 16.6. The maximum absolute atomic E-state index is 12.1. The topological polar surface area (TPSA) is 81.5 Å². The van der Waals surface area contributed by atoms with Crippen molar-refractivity contribution in [3.63, 3.8) is 0 Å². The number of ether oxygens (including phenoxy) is 1. The zero-order chi connectivity index (χ0) is 17.7. The van der Waals surface area contributed by atoms with Gasteiger partial charge in [0.15, 0.2) is 0 Å². The van der Waals surface area contributed by atoms with E-state index in [-0.39, 0.29) is 17.2 Å². The molecule has 0 saturated heterocycles. The van der Waals surface area contributed by atoms with Crippen LogP contribution in [-0.4, -0.2) is 24.0 Å². The molecular weight excluding hydrogens is 308 g/mol. The summed E-state index contributed by atoms with van der Waals surface area (Å²) in [4.78, 5) is 22.5. The van der Waals surface area contributed by atoms with E-state index in [1.807, 2.05) is 26.0 Å². The highest BCUT2D eigenvalue weighted by Crippen LogP contribution is 2.19. The Morgan fingerprint density at radius 2 is 1.79 bits per heavy atom. The first kappa shape index (κ1) is 17.5. The number of hydrogen-bond donors (Lipinski definition) is 1. The van der Waals surface area contributed by atoms with E-state index < -0.39 is 4.92 Å². The fraction of sp³-hybridized carbons (Fsp3) is 0.278. The molecule has 0 fully saturated rings. The Morgan fingerprint density at radius 1 is 1.12 bits per heavy atom. The number of benzene rings is 2. The average Bonchev–Trinajstić information content (AvgIpc) is 2.50. The van der Waals surface area contributed by atoms with Crippen molar-refractivity contribution in [3.05, 3.63) is 68.8 Å². The van der Waals surface area contributed by atoms with Crippen molar-refractivity contribution in [3.8, 4) is 5.75 Å². The van der Waals surface area contributed by atoms with E-state index in [4.69, 9.17) is 4.74 Å². The van der Waals surface area contributed by atoms with Crippen molar-refractivity contribution in [1.82, 2.24) is 5.32 Å². The molecule has 0 aromatic heterocycles. The van der Waals surface area contributed by atoms with Gasteiger partial charge in [-0.15, -0.1) is 0 Å². The third-order valence-corrected chi connectivity index (χ3v) is 3.52.